The summed E-state index contributed by atoms with van der Waals surface area (Å²) in [6.45, 7) is 0.371. The van der Waals surface area contributed by atoms with Gasteiger partial charge in [0.15, 0.2) is 0 Å². The fraction of sp³-hybridized carbons (Fsp3) is 0.0370. The van der Waals surface area contributed by atoms with Crippen molar-refractivity contribution >= 4 is 73.0 Å². The molecule has 0 bridgehead atoms. The van der Waals surface area contributed by atoms with Crippen LogP contribution in [0.1, 0.15) is 11.1 Å². The topological polar surface area (TPSA) is 46.6 Å². The highest BCUT2D eigenvalue weighted by Crippen LogP contribution is 2.39. The van der Waals surface area contributed by atoms with Crippen molar-refractivity contribution in [3.63, 3.8) is 0 Å². The molecule has 0 aliphatic carbocycles. The molecule has 0 unspecified atom stereocenters. The van der Waals surface area contributed by atoms with Gasteiger partial charge in [-0.25, -0.2) is 4.90 Å². The zero-order valence-electron chi connectivity index (χ0n) is 17.7. The Balaban J connectivity index is 1.53. The van der Waals surface area contributed by atoms with E-state index in [-0.39, 0.29) is 11.1 Å². The van der Waals surface area contributed by atoms with Crippen LogP contribution < -0.4 is 9.64 Å². The van der Waals surface area contributed by atoms with Gasteiger partial charge in [0, 0.05) is 15.1 Å². The molecule has 34 heavy (non-hydrogen) atoms. The summed E-state index contributed by atoms with van der Waals surface area (Å²) in [5.74, 6) is 0.250. The number of nitrogens with zero attached hydrogens (tertiary/aromatic N) is 1. The minimum atomic E-state index is -0.385. The highest BCUT2D eigenvalue weighted by atomic mass is 79.9. The Hall–Kier alpha value is -3.06. The summed E-state index contributed by atoms with van der Waals surface area (Å²) in [6, 6.07) is 26.4. The molecule has 0 N–H and O–H groups in total. The summed E-state index contributed by atoms with van der Waals surface area (Å²) in [4.78, 5) is 27.4. The number of amides is 2. The lowest BCUT2D eigenvalue weighted by Gasteiger charge is -2.14. The van der Waals surface area contributed by atoms with Crippen LogP contribution >= 0.6 is 39.3 Å². The number of halogens is 2. The molecule has 1 aliphatic heterocycles. The van der Waals surface area contributed by atoms with E-state index >= 15 is 0 Å². The second kappa shape index (κ2) is 9.66. The summed E-state index contributed by atoms with van der Waals surface area (Å²) in [6.07, 6.45) is 1.74. The maximum absolute atomic E-state index is 13.2. The first-order chi connectivity index (χ1) is 16.5. The fourth-order valence-electron chi connectivity index (χ4n) is 3.73. The molecule has 1 fully saturated rings. The zero-order valence-corrected chi connectivity index (χ0v) is 20.9. The number of fused-ring (bicyclic) bond motifs is 1. The monoisotopic (exact) mass is 549 g/mol. The van der Waals surface area contributed by atoms with E-state index in [0.29, 0.717) is 28.0 Å². The molecule has 0 saturated carbocycles. The quantitative estimate of drug-likeness (QED) is 0.236. The standard InChI is InChI=1S/C27H17BrClNO3S/c28-19-11-8-17(9-12-19)16-33-24-13-10-18-4-1-2-7-22(18)23(24)15-25-26(31)30(27(32)34-25)21-6-3-5-20(29)14-21/h1-15H,16H2/b25-15+. The SMILES string of the molecule is O=C1S/C(=C/c2c(OCc3ccc(Br)cc3)ccc3ccccc23)C(=O)N1c1cccc(Cl)c1. The van der Waals surface area contributed by atoms with Crippen LogP contribution in [-0.2, 0) is 11.4 Å². The number of carbonyl (C=O) groups is 2. The van der Waals surface area contributed by atoms with Gasteiger partial charge < -0.3 is 4.74 Å². The summed E-state index contributed by atoms with van der Waals surface area (Å²) < 4.78 is 7.17. The smallest absolute Gasteiger partial charge is 0.298 e. The Bertz CT molecular complexity index is 1450. The van der Waals surface area contributed by atoms with Gasteiger partial charge in [0.1, 0.15) is 12.4 Å². The van der Waals surface area contributed by atoms with Gasteiger partial charge in [-0.05, 0) is 70.6 Å². The molecule has 0 aromatic heterocycles. The molecule has 1 aliphatic rings. The lowest BCUT2D eigenvalue weighted by atomic mass is 10.0. The van der Waals surface area contributed by atoms with E-state index in [4.69, 9.17) is 16.3 Å². The van der Waals surface area contributed by atoms with Crippen LogP contribution in [0.25, 0.3) is 16.8 Å². The van der Waals surface area contributed by atoms with E-state index in [1.165, 1.54) is 0 Å². The van der Waals surface area contributed by atoms with Crippen molar-refractivity contribution < 1.29 is 14.3 Å². The summed E-state index contributed by atoms with van der Waals surface area (Å²) in [5.41, 5.74) is 2.22. The molecule has 7 heteroatoms. The Morgan fingerprint density at radius 1 is 0.941 bits per heavy atom. The highest BCUT2D eigenvalue weighted by Gasteiger charge is 2.36. The molecule has 5 rings (SSSR count). The summed E-state index contributed by atoms with van der Waals surface area (Å²) in [7, 11) is 0. The Labute approximate surface area is 214 Å². The van der Waals surface area contributed by atoms with Gasteiger partial charge in [0.2, 0.25) is 0 Å². The number of hydrogen-bond donors (Lipinski definition) is 0. The number of carbonyl (C=O) groups excluding carboxylic acids is 2. The predicted octanol–water partition coefficient (Wildman–Crippen LogP) is 8.08. The number of imide groups is 1. The second-order valence-corrected chi connectivity index (χ2v) is 9.96. The average molecular weight is 551 g/mol. The van der Waals surface area contributed by atoms with Crippen LogP contribution in [-0.4, -0.2) is 11.1 Å². The fourth-order valence-corrected chi connectivity index (χ4v) is 5.00. The van der Waals surface area contributed by atoms with Gasteiger partial charge in [-0.1, -0.05) is 76.1 Å². The molecule has 4 aromatic rings. The maximum atomic E-state index is 13.2. The van der Waals surface area contributed by atoms with E-state index in [9.17, 15) is 9.59 Å². The van der Waals surface area contributed by atoms with Gasteiger partial charge in [-0.3, -0.25) is 9.59 Å². The van der Waals surface area contributed by atoms with Crippen LogP contribution in [0.2, 0.25) is 5.02 Å². The Morgan fingerprint density at radius 3 is 2.53 bits per heavy atom. The molecule has 0 atom stereocenters. The second-order valence-electron chi connectivity index (χ2n) is 7.61. The number of rotatable bonds is 5. The van der Waals surface area contributed by atoms with Crippen molar-refractivity contribution in [2.75, 3.05) is 4.90 Å². The van der Waals surface area contributed by atoms with Crippen LogP contribution in [0, 0.1) is 0 Å². The van der Waals surface area contributed by atoms with Crippen molar-refractivity contribution in [2.45, 2.75) is 6.61 Å². The largest absolute Gasteiger partial charge is 0.488 e. The molecule has 0 spiro atoms. The van der Waals surface area contributed by atoms with E-state index in [1.807, 2.05) is 60.7 Å². The van der Waals surface area contributed by atoms with Crippen molar-refractivity contribution in [3.05, 3.63) is 110 Å². The molecule has 4 aromatic carbocycles. The molecule has 1 saturated heterocycles. The Kier molecular flexibility index (Phi) is 6.46. The third-order valence-electron chi connectivity index (χ3n) is 5.37. The molecule has 168 valence electrons. The van der Waals surface area contributed by atoms with Gasteiger partial charge in [0.05, 0.1) is 10.6 Å². The van der Waals surface area contributed by atoms with E-state index in [1.54, 1.807) is 30.3 Å². The molecule has 1 heterocycles. The number of benzene rings is 4. The summed E-state index contributed by atoms with van der Waals surface area (Å²) >= 11 is 10.4. The van der Waals surface area contributed by atoms with Gasteiger partial charge >= 0.3 is 0 Å². The van der Waals surface area contributed by atoms with Gasteiger partial charge in [-0.15, -0.1) is 0 Å². The van der Waals surface area contributed by atoms with E-state index in [2.05, 4.69) is 15.9 Å². The van der Waals surface area contributed by atoms with Crippen LogP contribution in [0.15, 0.2) is 94.3 Å². The third kappa shape index (κ3) is 4.62. The summed E-state index contributed by atoms with van der Waals surface area (Å²) in [5, 5.41) is 2.04. The zero-order chi connectivity index (χ0) is 23.7. The van der Waals surface area contributed by atoms with E-state index in [0.717, 1.165) is 43.0 Å². The first-order valence-corrected chi connectivity index (χ1v) is 12.4. The molecule has 2 amide bonds. The van der Waals surface area contributed by atoms with Crippen molar-refractivity contribution in [3.8, 4) is 5.75 Å². The Morgan fingerprint density at radius 2 is 1.74 bits per heavy atom. The number of thioether (sulfide) groups is 1. The third-order valence-corrected chi connectivity index (χ3v) is 7.01. The van der Waals surface area contributed by atoms with Crippen LogP contribution in [0.3, 0.4) is 0 Å². The maximum Gasteiger partial charge on any atom is 0.298 e. The molecule has 0 radical (unpaired) electrons. The van der Waals surface area contributed by atoms with E-state index < -0.39 is 0 Å². The number of anilines is 1. The van der Waals surface area contributed by atoms with Gasteiger partial charge in [-0.2, -0.15) is 0 Å². The lowest BCUT2D eigenvalue weighted by Crippen LogP contribution is -2.27. The highest BCUT2D eigenvalue weighted by molar-refractivity contribution is 9.10. The molecular weight excluding hydrogens is 534 g/mol. The van der Waals surface area contributed by atoms with Crippen LogP contribution in [0.5, 0.6) is 5.75 Å². The average Bonchev–Trinajstić information content (AvgIpc) is 3.12. The van der Waals surface area contributed by atoms with Gasteiger partial charge in [0.25, 0.3) is 11.1 Å². The number of ether oxygens (including phenoxy) is 1. The first kappa shape index (κ1) is 22.7. The lowest BCUT2D eigenvalue weighted by molar-refractivity contribution is -0.113. The predicted molar refractivity (Wildman–Crippen MR) is 142 cm³/mol. The van der Waals surface area contributed by atoms with Crippen molar-refractivity contribution in [1.29, 1.82) is 0 Å². The molecular formula is C27H17BrClNO3S. The normalized spacial score (nSPS) is 14.9. The van der Waals surface area contributed by atoms with Crippen molar-refractivity contribution in [1.82, 2.24) is 0 Å². The first-order valence-electron chi connectivity index (χ1n) is 10.4. The number of hydrogen-bond acceptors (Lipinski definition) is 4. The minimum Gasteiger partial charge on any atom is -0.488 e. The molecule has 4 nitrogen and oxygen atoms in total. The van der Waals surface area contributed by atoms with Crippen molar-refractivity contribution in [2.24, 2.45) is 0 Å². The minimum absolute atomic E-state index is 0.329. The van der Waals surface area contributed by atoms with Crippen LogP contribution in [0.4, 0.5) is 10.5 Å².